The van der Waals surface area contributed by atoms with Gasteiger partial charge < -0.3 is 18.9 Å². The highest BCUT2D eigenvalue weighted by molar-refractivity contribution is 6.08. The second-order valence-corrected chi connectivity index (χ2v) is 12.0. The van der Waals surface area contributed by atoms with Crippen molar-refractivity contribution in [2.45, 2.75) is 0 Å². The predicted molar refractivity (Wildman–Crippen MR) is 191 cm³/mol. The number of para-hydroxylation sites is 2. The third-order valence-electron chi connectivity index (χ3n) is 9.18. The maximum absolute atomic E-state index is 6.48. The first-order valence-corrected chi connectivity index (χ1v) is 16.0. The highest BCUT2D eigenvalue weighted by atomic mass is 16.5. The third-order valence-corrected chi connectivity index (χ3v) is 9.18. The summed E-state index contributed by atoms with van der Waals surface area (Å²) >= 11 is 0. The molecule has 0 aromatic heterocycles. The van der Waals surface area contributed by atoms with Crippen molar-refractivity contribution in [3.05, 3.63) is 158 Å². The Hall–Kier alpha value is -6.52. The molecule has 2 aliphatic rings. The molecule has 4 heteroatoms. The van der Waals surface area contributed by atoms with E-state index in [-0.39, 0.29) is 0 Å². The molecule has 0 saturated carbocycles. The molecule has 0 atom stereocenters. The Bertz CT molecular complexity index is 2380. The molecule has 0 aliphatic carbocycles. The molecule has 0 fully saturated rings. The molecule has 0 N–H and O–H groups in total. The molecule has 0 saturated heterocycles. The molecule has 2 heterocycles. The van der Waals surface area contributed by atoms with Crippen LogP contribution in [0.1, 0.15) is 0 Å². The Labute approximate surface area is 277 Å². The highest BCUT2D eigenvalue weighted by Crippen LogP contribution is 2.52. The fourth-order valence-corrected chi connectivity index (χ4v) is 6.98. The molecule has 0 spiro atoms. The minimum atomic E-state index is 0.798. The first kappa shape index (κ1) is 26.7. The number of ether oxygens (including phenoxy) is 4. The van der Waals surface area contributed by atoms with Gasteiger partial charge in [-0.3, -0.25) is 0 Å². The van der Waals surface area contributed by atoms with E-state index in [2.05, 4.69) is 72.8 Å². The van der Waals surface area contributed by atoms with Crippen molar-refractivity contribution < 1.29 is 18.9 Å². The Kier molecular flexibility index (Phi) is 5.84. The summed E-state index contributed by atoms with van der Waals surface area (Å²) in [5.74, 6) is 6.52. The van der Waals surface area contributed by atoms with E-state index < -0.39 is 0 Å². The van der Waals surface area contributed by atoms with E-state index >= 15 is 0 Å². The molecule has 0 bridgehead atoms. The summed E-state index contributed by atoms with van der Waals surface area (Å²) in [5, 5.41) is 4.12. The molecular weight excluding hydrogens is 592 g/mol. The molecule has 8 aromatic rings. The summed E-state index contributed by atoms with van der Waals surface area (Å²) in [5.41, 5.74) is 6.52. The van der Waals surface area contributed by atoms with Crippen LogP contribution in [-0.2, 0) is 0 Å². The van der Waals surface area contributed by atoms with Gasteiger partial charge in [0.05, 0.1) is 0 Å². The van der Waals surface area contributed by atoms with Crippen LogP contribution in [0.3, 0.4) is 0 Å². The maximum atomic E-state index is 6.48. The zero-order valence-electron chi connectivity index (χ0n) is 25.6. The smallest absolute Gasteiger partial charge is 0.136 e. The lowest BCUT2D eigenvalue weighted by Gasteiger charge is -2.24. The number of benzene rings is 8. The molecule has 8 aromatic carbocycles. The number of fused-ring (bicyclic) bond motifs is 4. The third kappa shape index (κ3) is 4.24. The monoisotopic (exact) mass is 618 g/mol. The van der Waals surface area contributed by atoms with Crippen molar-refractivity contribution >= 4 is 21.5 Å². The van der Waals surface area contributed by atoms with Gasteiger partial charge in [-0.1, -0.05) is 72.8 Å². The average Bonchev–Trinajstić information content (AvgIpc) is 3.14. The quantitative estimate of drug-likeness (QED) is 0.192. The lowest BCUT2D eigenvalue weighted by atomic mass is 9.90. The molecule has 2 aliphatic heterocycles. The van der Waals surface area contributed by atoms with E-state index in [1.807, 2.05) is 84.9 Å². The SMILES string of the molecule is c1ccc(Oc2ccc3c4c(cccc24)Oc2ccc(-c4ccc5c(c4)-c4ccc(Oc6ccccc6)c6cccc(c46)O5)cc2-3)cc1. The van der Waals surface area contributed by atoms with Crippen LogP contribution in [0.15, 0.2) is 158 Å². The summed E-state index contributed by atoms with van der Waals surface area (Å²) in [7, 11) is 0. The van der Waals surface area contributed by atoms with Crippen LogP contribution in [0, 0.1) is 0 Å². The van der Waals surface area contributed by atoms with Crippen LogP contribution in [-0.4, -0.2) is 0 Å². The van der Waals surface area contributed by atoms with Crippen LogP contribution < -0.4 is 18.9 Å². The van der Waals surface area contributed by atoms with Gasteiger partial charge in [-0.05, 0) is 107 Å². The number of hydrogen-bond donors (Lipinski definition) is 0. The van der Waals surface area contributed by atoms with Gasteiger partial charge in [0.2, 0.25) is 0 Å². The zero-order chi connectivity index (χ0) is 31.6. The second-order valence-electron chi connectivity index (χ2n) is 12.0. The van der Waals surface area contributed by atoms with Gasteiger partial charge in [-0.25, -0.2) is 0 Å². The molecule has 0 radical (unpaired) electrons. The lowest BCUT2D eigenvalue weighted by Crippen LogP contribution is -1.99. The first-order valence-electron chi connectivity index (χ1n) is 16.0. The van der Waals surface area contributed by atoms with Crippen molar-refractivity contribution in [3.8, 4) is 79.4 Å². The van der Waals surface area contributed by atoms with Crippen LogP contribution in [0.4, 0.5) is 0 Å². The van der Waals surface area contributed by atoms with E-state index in [9.17, 15) is 0 Å². The molecule has 226 valence electrons. The number of hydrogen-bond acceptors (Lipinski definition) is 4. The first-order chi connectivity index (χ1) is 23.8. The maximum Gasteiger partial charge on any atom is 0.136 e. The van der Waals surface area contributed by atoms with Crippen LogP contribution in [0.25, 0.3) is 54.9 Å². The van der Waals surface area contributed by atoms with Crippen LogP contribution >= 0.6 is 0 Å². The van der Waals surface area contributed by atoms with Crippen LogP contribution in [0.2, 0.25) is 0 Å². The summed E-state index contributed by atoms with van der Waals surface area (Å²) in [4.78, 5) is 0. The highest BCUT2D eigenvalue weighted by Gasteiger charge is 2.25. The summed E-state index contributed by atoms with van der Waals surface area (Å²) in [6.07, 6.45) is 0. The molecule has 0 unspecified atom stereocenters. The standard InChI is InChI=1S/C44H26O4/c1-3-9-29(10-4-1)45-37-23-19-31-35-25-27(17-21-39(35)47-41-15-7-13-33(37)43(31)41)28-18-22-40-36(26-28)32-20-24-38(46-30-11-5-2-6-12-30)34-14-8-16-42(48-40)44(32)34/h1-26H. The van der Waals surface area contributed by atoms with E-state index in [1.165, 1.54) is 0 Å². The summed E-state index contributed by atoms with van der Waals surface area (Å²) in [6, 6.07) is 53.2. The van der Waals surface area contributed by atoms with Gasteiger partial charge in [0.1, 0.15) is 46.0 Å². The van der Waals surface area contributed by atoms with Crippen molar-refractivity contribution in [1.82, 2.24) is 0 Å². The van der Waals surface area contributed by atoms with Gasteiger partial charge >= 0.3 is 0 Å². The van der Waals surface area contributed by atoms with Gasteiger partial charge in [0.25, 0.3) is 0 Å². The summed E-state index contributed by atoms with van der Waals surface area (Å²) < 4.78 is 25.6. The second kappa shape index (κ2) is 10.5. The van der Waals surface area contributed by atoms with Crippen LogP contribution in [0.5, 0.6) is 46.0 Å². The van der Waals surface area contributed by atoms with E-state index in [4.69, 9.17) is 18.9 Å². The topological polar surface area (TPSA) is 36.9 Å². The van der Waals surface area contributed by atoms with Crippen molar-refractivity contribution in [2.24, 2.45) is 0 Å². The summed E-state index contributed by atoms with van der Waals surface area (Å²) in [6.45, 7) is 0. The van der Waals surface area contributed by atoms with E-state index in [1.54, 1.807) is 0 Å². The lowest BCUT2D eigenvalue weighted by molar-refractivity contribution is 0.481. The minimum Gasteiger partial charge on any atom is -0.457 e. The normalized spacial score (nSPS) is 12.1. The van der Waals surface area contributed by atoms with Crippen molar-refractivity contribution in [2.75, 3.05) is 0 Å². The van der Waals surface area contributed by atoms with E-state index in [0.29, 0.717) is 0 Å². The predicted octanol–water partition coefficient (Wildman–Crippen LogP) is 12.8. The minimum absolute atomic E-state index is 0.798. The molecular formula is C44H26O4. The molecule has 0 amide bonds. The van der Waals surface area contributed by atoms with E-state index in [0.717, 1.165) is 101 Å². The average molecular weight is 619 g/mol. The van der Waals surface area contributed by atoms with Gasteiger partial charge in [-0.15, -0.1) is 0 Å². The number of rotatable bonds is 5. The Balaban J connectivity index is 1.06. The Morgan fingerprint density at radius 1 is 0.333 bits per heavy atom. The molecule has 10 rings (SSSR count). The Morgan fingerprint density at radius 3 is 1.25 bits per heavy atom. The molecule has 48 heavy (non-hydrogen) atoms. The van der Waals surface area contributed by atoms with Crippen molar-refractivity contribution in [3.63, 3.8) is 0 Å². The van der Waals surface area contributed by atoms with Gasteiger partial charge in [-0.2, -0.15) is 0 Å². The Morgan fingerprint density at radius 2 is 0.792 bits per heavy atom. The van der Waals surface area contributed by atoms with Gasteiger partial charge in [0.15, 0.2) is 0 Å². The van der Waals surface area contributed by atoms with Crippen molar-refractivity contribution in [1.29, 1.82) is 0 Å². The fourth-order valence-electron chi connectivity index (χ4n) is 6.98. The largest absolute Gasteiger partial charge is 0.457 e. The van der Waals surface area contributed by atoms with Gasteiger partial charge in [0, 0.05) is 32.7 Å². The fraction of sp³-hybridized carbons (Fsp3) is 0. The zero-order valence-corrected chi connectivity index (χ0v) is 25.6. The molecule has 4 nitrogen and oxygen atoms in total.